The monoisotopic (exact) mass is 372 g/mol. The van der Waals surface area contributed by atoms with Gasteiger partial charge in [0, 0.05) is 24.5 Å². The molecular formula is C18H20N4O3S. The van der Waals surface area contributed by atoms with Crippen molar-refractivity contribution in [2.45, 2.75) is 12.8 Å². The Hall–Kier alpha value is -2.87. The lowest BCUT2D eigenvalue weighted by molar-refractivity contribution is -0.128. The first kappa shape index (κ1) is 17.9. The second kappa shape index (κ2) is 8.48. The van der Waals surface area contributed by atoms with Crippen LogP contribution in [0.2, 0.25) is 0 Å². The molecule has 1 aliphatic heterocycles. The fraction of sp³-hybridized carbons (Fsp3) is 0.278. The topological polar surface area (TPSA) is 90.5 Å². The van der Waals surface area contributed by atoms with Crippen molar-refractivity contribution in [3.05, 3.63) is 46.7 Å². The number of rotatable bonds is 5. The summed E-state index contributed by atoms with van der Waals surface area (Å²) in [6.07, 6.45) is 2.03. The Morgan fingerprint density at radius 1 is 1.00 bits per heavy atom. The van der Waals surface area contributed by atoms with Gasteiger partial charge in [-0.15, -0.1) is 11.3 Å². The van der Waals surface area contributed by atoms with E-state index in [4.69, 9.17) is 0 Å². The number of carbonyl (C=O) groups is 3. The SMILES string of the molecule is O=C(NCC(=O)N1CCCC1)Nc1cccc(NC(=O)c2cccs2)c1. The number of nitrogens with one attached hydrogen (secondary N) is 3. The summed E-state index contributed by atoms with van der Waals surface area (Å²) >= 11 is 1.36. The van der Waals surface area contributed by atoms with Crippen LogP contribution in [0.15, 0.2) is 41.8 Å². The molecule has 8 heteroatoms. The predicted molar refractivity (Wildman–Crippen MR) is 102 cm³/mol. The van der Waals surface area contributed by atoms with Crippen LogP contribution in [0.3, 0.4) is 0 Å². The fourth-order valence-corrected chi connectivity index (χ4v) is 3.30. The summed E-state index contributed by atoms with van der Waals surface area (Å²) in [5, 5.41) is 9.85. The molecule has 1 aromatic carbocycles. The Morgan fingerprint density at radius 2 is 1.73 bits per heavy atom. The van der Waals surface area contributed by atoms with Crippen molar-refractivity contribution in [3.8, 4) is 0 Å². The number of benzene rings is 1. The molecule has 0 spiro atoms. The van der Waals surface area contributed by atoms with E-state index in [1.165, 1.54) is 11.3 Å². The minimum Gasteiger partial charge on any atom is -0.341 e. The van der Waals surface area contributed by atoms with Gasteiger partial charge in [-0.1, -0.05) is 12.1 Å². The van der Waals surface area contributed by atoms with Gasteiger partial charge in [-0.25, -0.2) is 4.79 Å². The zero-order chi connectivity index (χ0) is 18.4. The molecule has 136 valence electrons. The maximum atomic E-state index is 12.1. The van der Waals surface area contributed by atoms with E-state index in [1.54, 1.807) is 35.2 Å². The standard InChI is InChI=1S/C18H20N4O3S/c23-16(22-8-1-2-9-22)12-19-18(25)21-14-6-3-5-13(11-14)20-17(24)15-7-4-10-26-15/h3-7,10-11H,1-2,8-9,12H2,(H,20,24)(H2,19,21,25). The quantitative estimate of drug-likeness (QED) is 0.754. The lowest BCUT2D eigenvalue weighted by Crippen LogP contribution is -2.40. The molecule has 1 saturated heterocycles. The average molecular weight is 372 g/mol. The molecule has 2 aromatic rings. The number of thiophene rings is 1. The minimum absolute atomic E-state index is 0.0271. The molecule has 1 aliphatic rings. The second-order valence-electron chi connectivity index (χ2n) is 5.91. The van der Waals surface area contributed by atoms with Crippen LogP contribution in [0.4, 0.5) is 16.2 Å². The molecule has 3 N–H and O–H groups in total. The van der Waals surface area contributed by atoms with Crippen LogP contribution in [-0.2, 0) is 4.79 Å². The maximum absolute atomic E-state index is 12.1. The molecule has 26 heavy (non-hydrogen) atoms. The molecule has 4 amide bonds. The van der Waals surface area contributed by atoms with Crippen molar-refractivity contribution in [3.63, 3.8) is 0 Å². The highest BCUT2D eigenvalue weighted by Gasteiger charge is 2.18. The summed E-state index contributed by atoms with van der Waals surface area (Å²) < 4.78 is 0. The molecule has 0 aliphatic carbocycles. The average Bonchev–Trinajstić information content (AvgIpc) is 3.33. The Balaban J connectivity index is 1.50. The van der Waals surface area contributed by atoms with E-state index >= 15 is 0 Å². The minimum atomic E-state index is -0.459. The van der Waals surface area contributed by atoms with Gasteiger partial charge in [0.2, 0.25) is 5.91 Å². The predicted octanol–water partition coefficient (Wildman–Crippen LogP) is 2.74. The molecule has 2 heterocycles. The van der Waals surface area contributed by atoms with Crippen LogP contribution in [0.25, 0.3) is 0 Å². The zero-order valence-corrected chi connectivity index (χ0v) is 15.0. The van der Waals surface area contributed by atoms with Gasteiger partial charge in [-0.2, -0.15) is 0 Å². The molecule has 0 radical (unpaired) electrons. The van der Waals surface area contributed by atoms with Crippen molar-refractivity contribution in [1.82, 2.24) is 10.2 Å². The lowest BCUT2D eigenvalue weighted by Gasteiger charge is -2.15. The first-order chi connectivity index (χ1) is 12.6. The van der Waals surface area contributed by atoms with E-state index in [-0.39, 0.29) is 18.4 Å². The van der Waals surface area contributed by atoms with Crippen LogP contribution in [0.1, 0.15) is 22.5 Å². The molecular weight excluding hydrogens is 352 g/mol. The summed E-state index contributed by atoms with van der Waals surface area (Å²) in [6.45, 7) is 1.49. The Bertz CT molecular complexity index is 785. The molecule has 0 atom stereocenters. The molecule has 0 saturated carbocycles. The van der Waals surface area contributed by atoms with Crippen LogP contribution in [0.5, 0.6) is 0 Å². The Labute approximate surface area is 155 Å². The van der Waals surface area contributed by atoms with Gasteiger partial charge in [0.1, 0.15) is 0 Å². The molecule has 0 unspecified atom stereocenters. The van der Waals surface area contributed by atoms with Crippen molar-refractivity contribution < 1.29 is 14.4 Å². The zero-order valence-electron chi connectivity index (χ0n) is 14.2. The fourth-order valence-electron chi connectivity index (χ4n) is 2.68. The lowest BCUT2D eigenvalue weighted by atomic mass is 10.2. The highest BCUT2D eigenvalue weighted by atomic mass is 32.1. The van der Waals surface area contributed by atoms with Crippen molar-refractivity contribution in [2.75, 3.05) is 30.3 Å². The molecule has 1 aromatic heterocycles. The Morgan fingerprint density at radius 3 is 2.42 bits per heavy atom. The molecule has 0 bridgehead atoms. The van der Waals surface area contributed by atoms with Crippen LogP contribution < -0.4 is 16.0 Å². The van der Waals surface area contributed by atoms with E-state index in [9.17, 15) is 14.4 Å². The van der Waals surface area contributed by atoms with Crippen molar-refractivity contribution >= 4 is 40.6 Å². The number of urea groups is 1. The second-order valence-corrected chi connectivity index (χ2v) is 6.86. The van der Waals surface area contributed by atoms with Gasteiger partial charge in [0.15, 0.2) is 0 Å². The summed E-state index contributed by atoms with van der Waals surface area (Å²) in [4.78, 5) is 38.3. The summed E-state index contributed by atoms with van der Waals surface area (Å²) in [5.74, 6) is -0.271. The third kappa shape index (κ3) is 4.82. The number of amides is 4. The first-order valence-electron chi connectivity index (χ1n) is 8.39. The third-order valence-electron chi connectivity index (χ3n) is 3.98. The summed E-state index contributed by atoms with van der Waals surface area (Å²) in [6, 6.07) is 9.94. The van der Waals surface area contributed by atoms with Gasteiger partial charge >= 0.3 is 6.03 Å². The summed E-state index contributed by atoms with van der Waals surface area (Å²) in [5.41, 5.74) is 1.11. The van der Waals surface area contributed by atoms with Crippen LogP contribution >= 0.6 is 11.3 Å². The van der Waals surface area contributed by atoms with E-state index < -0.39 is 6.03 Å². The molecule has 3 rings (SSSR count). The number of anilines is 2. The molecule has 1 fully saturated rings. The van der Waals surface area contributed by atoms with Crippen molar-refractivity contribution in [1.29, 1.82) is 0 Å². The smallest absolute Gasteiger partial charge is 0.319 e. The van der Waals surface area contributed by atoms with Gasteiger partial charge in [-0.3, -0.25) is 9.59 Å². The van der Waals surface area contributed by atoms with E-state index in [2.05, 4.69) is 16.0 Å². The number of carbonyl (C=O) groups excluding carboxylic acids is 3. The number of nitrogens with zero attached hydrogens (tertiary/aromatic N) is 1. The summed E-state index contributed by atoms with van der Waals surface area (Å²) in [7, 11) is 0. The highest BCUT2D eigenvalue weighted by molar-refractivity contribution is 7.12. The van der Waals surface area contributed by atoms with Gasteiger partial charge in [0.05, 0.1) is 11.4 Å². The first-order valence-corrected chi connectivity index (χ1v) is 9.27. The van der Waals surface area contributed by atoms with Gasteiger partial charge < -0.3 is 20.9 Å². The van der Waals surface area contributed by atoms with Crippen LogP contribution in [-0.4, -0.2) is 42.4 Å². The number of hydrogen-bond donors (Lipinski definition) is 3. The van der Waals surface area contributed by atoms with E-state index in [1.807, 2.05) is 11.4 Å². The van der Waals surface area contributed by atoms with Crippen molar-refractivity contribution in [2.24, 2.45) is 0 Å². The highest BCUT2D eigenvalue weighted by Crippen LogP contribution is 2.17. The normalized spacial score (nSPS) is 13.3. The van der Waals surface area contributed by atoms with E-state index in [0.29, 0.717) is 16.3 Å². The van der Waals surface area contributed by atoms with E-state index in [0.717, 1.165) is 25.9 Å². The van der Waals surface area contributed by atoms with Crippen LogP contribution in [0, 0.1) is 0 Å². The maximum Gasteiger partial charge on any atom is 0.319 e. The number of hydrogen-bond acceptors (Lipinski definition) is 4. The Kier molecular flexibility index (Phi) is 5.85. The van der Waals surface area contributed by atoms with Gasteiger partial charge in [-0.05, 0) is 42.5 Å². The largest absolute Gasteiger partial charge is 0.341 e. The van der Waals surface area contributed by atoms with Gasteiger partial charge in [0.25, 0.3) is 5.91 Å². The third-order valence-corrected chi connectivity index (χ3v) is 4.85. The molecule has 7 nitrogen and oxygen atoms in total. The number of likely N-dealkylation sites (tertiary alicyclic amines) is 1.